The fraction of sp³-hybridized carbons (Fsp3) is 0.312. The molecule has 4 heteroatoms. The summed E-state index contributed by atoms with van der Waals surface area (Å²) in [7, 11) is 0. The van der Waals surface area contributed by atoms with Crippen LogP contribution in [0.25, 0.3) is 10.8 Å². The number of anilines is 1. The summed E-state index contributed by atoms with van der Waals surface area (Å²) in [6.45, 7) is 2.72. The molecule has 1 heterocycles. The molecule has 2 aromatic rings. The van der Waals surface area contributed by atoms with Gasteiger partial charge in [0.2, 0.25) is 0 Å². The number of carbonyl (C=O) groups excluding carboxylic acids is 1. The van der Waals surface area contributed by atoms with Gasteiger partial charge in [-0.1, -0.05) is 36.4 Å². The minimum Gasteiger partial charge on any atom is -0.326 e. The zero-order chi connectivity index (χ0) is 14.1. The molecule has 1 saturated heterocycles. The summed E-state index contributed by atoms with van der Waals surface area (Å²) in [6.07, 6.45) is 0.865. The monoisotopic (exact) mass is 269 g/mol. The highest BCUT2D eigenvalue weighted by Gasteiger charge is 2.31. The minimum atomic E-state index is -0.0678. The third kappa shape index (κ3) is 2.23. The zero-order valence-corrected chi connectivity index (χ0v) is 11.5. The molecule has 104 valence electrons. The average molecular weight is 269 g/mol. The number of benzene rings is 2. The van der Waals surface area contributed by atoms with Crippen molar-refractivity contribution in [1.29, 1.82) is 0 Å². The van der Waals surface area contributed by atoms with Gasteiger partial charge in [-0.2, -0.15) is 0 Å². The number of amides is 2. The Morgan fingerprint density at radius 3 is 2.75 bits per heavy atom. The molecule has 2 aromatic carbocycles. The van der Waals surface area contributed by atoms with Gasteiger partial charge in [-0.05, 0) is 24.8 Å². The highest BCUT2D eigenvalue weighted by Crippen LogP contribution is 2.24. The van der Waals surface area contributed by atoms with Crippen molar-refractivity contribution in [3.8, 4) is 0 Å². The maximum absolute atomic E-state index is 12.4. The van der Waals surface area contributed by atoms with Crippen LogP contribution in [0.5, 0.6) is 0 Å². The maximum atomic E-state index is 12.4. The Kier molecular flexibility index (Phi) is 3.32. The van der Waals surface area contributed by atoms with Crippen LogP contribution in [0.2, 0.25) is 0 Å². The molecule has 2 atom stereocenters. The smallest absolute Gasteiger partial charge is 0.322 e. The van der Waals surface area contributed by atoms with Crippen molar-refractivity contribution in [3.05, 3.63) is 42.5 Å². The molecular formula is C16H19N3O. The lowest BCUT2D eigenvalue weighted by Gasteiger charge is -2.23. The van der Waals surface area contributed by atoms with Crippen molar-refractivity contribution < 1.29 is 4.79 Å². The largest absolute Gasteiger partial charge is 0.326 e. The van der Waals surface area contributed by atoms with Crippen molar-refractivity contribution in [3.63, 3.8) is 0 Å². The molecule has 0 aromatic heterocycles. The number of carbonyl (C=O) groups is 1. The maximum Gasteiger partial charge on any atom is 0.322 e. The summed E-state index contributed by atoms with van der Waals surface area (Å²) >= 11 is 0. The summed E-state index contributed by atoms with van der Waals surface area (Å²) < 4.78 is 0. The summed E-state index contributed by atoms with van der Waals surface area (Å²) in [6, 6.07) is 14.1. The predicted molar refractivity (Wildman–Crippen MR) is 81.7 cm³/mol. The fourth-order valence-electron chi connectivity index (χ4n) is 2.77. The molecule has 0 saturated carbocycles. The number of urea groups is 1. The van der Waals surface area contributed by atoms with Crippen LogP contribution < -0.4 is 11.1 Å². The van der Waals surface area contributed by atoms with Gasteiger partial charge in [0.05, 0.1) is 5.69 Å². The second kappa shape index (κ2) is 5.13. The quantitative estimate of drug-likeness (QED) is 0.836. The molecule has 1 fully saturated rings. The molecular weight excluding hydrogens is 250 g/mol. The number of likely N-dealkylation sites (tertiary alicyclic amines) is 1. The Bertz CT molecular complexity index is 635. The Hall–Kier alpha value is -2.07. The van der Waals surface area contributed by atoms with E-state index in [4.69, 9.17) is 5.73 Å². The molecule has 3 rings (SSSR count). The average Bonchev–Trinajstić information content (AvgIpc) is 2.79. The highest BCUT2D eigenvalue weighted by molar-refractivity contribution is 6.01. The Labute approximate surface area is 118 Å². The molecule has 0 bridgehead atoms. The van der Waals surface area contributed by atoms with E-state index in [0.717, 1.165) is 29.4 Å². The van der Waals surface area contributed by atoms with Gasteiger partial charge < -0.3 is 16.0 Å². The zero-order valence-electron chi connectivity index (χ0n) is 11.5. The molecule has 0 aliphatic carbocycles. The Balaban J connectivity index is 1.85. The first-order valence-electron chi connectivity index (χ1n) is 6.98. The second-order valence-electron chi connectivity index (χ2n) is 5.34. The summed E-state index contributed by atoms with van der Waals surface area (Å²) in [5.74, 6) is 0. The molecule has 20 heavy (non-hydrogen) atoms. The van der Waals surface area contributed by atoms with Crippen molar-refractivity contribution in [2.45, 2.75) is 25.4 Å². The second-order valence-corrected chi connectivity index (χ2v) is 5.34. The number of nitrogens with zero attached hydrogens (tertiary/aromatic N) is 1. The van der Waals surface area contributed by atoms with Crippen molar-refractivity contribution >= 4 is 22.5 Å². The van der Waals surface area contributed by atoms with Gasteiger partial charge in [0.1, 0.15) is 0 Å². The van der Waals surface area contributed by atoms with E-state index >= 15 is 0 Å². The molecule has 1 aliphatic rings. The fourth-order valence-corrected chi connectivity index (χ4v) is 2.77. The predicted octanol–water partition coefficient (Wildman–Crippen LogP) is 2.79. The van der Waals surface area contributed by atoms with Crippen LogP contribution in [0.1, 0.15) is 13.3 Å². The summed E-state index contributed by atoms with van der Waals surface area (Å²) in [5, 5.41) is 5.19. The number of hydrogen-bond acceptors (Lipinski definition) is 2. The highest BCUT2D eigenvalue weighted by atomic mass is 16.2. The van der Waals surface area contributed by atoms with Gasteiger partial charge in [0.15, 0.2) is 0 Å². The van der Waals surface area contributed by atoms with Crippen LogP contribution in [0, 0.1) is 0 Å². The lowest BCUT2D eigenvalue weighted by atomic mass is 10.1. The summed E-state index contributed by atoms with van der Waals surface area (Å²) in [4.78, 5) is 14.2. The van der Waals surface area contributed by atoms with Gasteiger partial charge in [-0.25, -0.2) is 4.79 Å². The van der Waals surface area contributed by atoms with E-state index in [0.29, 0.717) is 0 Å². The number of nitrogens with one attached hydrogen (secondary N) is 1. The van der Waals surface area contributed by atoms with Crippen LogP contribution in [0.4, 0.5) is 10.5 Å². The molecule has 0 spiro atoms. The Morgan fingerprint density at radius 2 is 2.00 bits per heavy atom. The van der Waals surface area contributed by atoms with E-state index in [-0.39, 0.29) is 18.1 Å². The third-order valence-electron chi connectivity index (χ3n) is 4.11. The molecule has 2 amide bonds. The first-order chi connectivity index (χ1) is 9.66. The van der Waals surface area contributed by atoms with Crippen LogP contribution in [-0.4, -0.2) is 29.6 Å². The number of nitrogens with two attached hydrogens (primary N) is 1. The number of hydrogen-bond donors (Lipinski definition) is 2. The summed E-state index contributed by atoms with van der Waals surface area (Å²) in [5.41, 5.74) is 6.82. The van der Waals surface area contributed by atoms with E-state index in [1.165, 1.54) is 0 Å². The number of rotatable bonds is 1. The lowest BCUT2D eigenvalue weighted by molar-refractivity contribution is 0.208. The van der Waals surface area contributed by atoms with E-state index in [2.05, 4.69) is 5.32 Å². The standard InChI is InChI=1S/C16H19N3O/c1-11-14(17)9-10-19(11)16(20)18-15-8-4-6-12-5-2-3-7-13(12)15/h2-8,11,14H,9-10,17H2,1H3,(H,18,20). The van der Waals surface area contributed by atoms with Gasteiger partial charge in [0, 0.05) is 24.0 Å². The first kappa shape index (κ1) is 12.9. The van der Waals surface area contributed by atoms with Crippen molar-refractivity contribution in [2.24, 2.45) is 5.73 Å². The molecule has 2 unspecified atom stereocenters. The van der Waals surface area contributed by atoms with Crippen molar-refractivity contribution in [1.82, 2.24) is 4.90 Å². The molecule has 4 nitrogen and oxygen atoms in total. The van der Waals surface area contributed by atoms with E-state index in [1.54, 1.807) is 0 Å². The van der Waals surface area contributed by atoms with E-state index in [1.807, 2.05) is 54.3 Å². The van der Waals surface area contributed by atoms with Gasteiger partial charge >= 0.3 is 6.03 Å². The molecule has 1 aliphatic heterocycles. The van der Waals surface area contributed by atoms with Gasteiger partial charge in [-0.15, -0.1) is 0 Å². The number of fused-ring (bicyclic) bond motifs is 1. The van der Waals surface area contributed by atoms with Gasteiger partial charge in [-0.3, -0.25) is 0 Å². The first-order valence-corrected chi connectivity index (χ1v) is 6.98. The van der Waals surface area contributed by atoms with Crippen LogP contribution >= 0.6 is 0 Å². The van der Waals surface area contributed by atoms with Crippen LogP contribution in [-0.2, 0) is 0 Å². The van der Waals surface area contributed by atoms with E-state index in [9.17, 15) is 4.79 Å². The van der Waals surface area contributed by atoms with Gasteiger partial charge in [0.25, 0.3) is 0 Å². The normalized spacial score (nSPS) is 22.2. The van der Waals surface area contributed by atoms with Crippen molar-refractivity contribution in [2.75, 3.05) is 11.9 Å². The van der Waals surface area contributed by atoms with Crippen LogP contribution in [0.3, 0.4) is 0 Å². The topological polar surface area (TPSA) is 58.4 Å². The van der Waals surface area contributed by atoms with Crippen LogP contribution in [0.15, 0.2) is 42.5 Å². The lowest BCUT2D eigenvalue weighted by Crippen LogP contribution is -2.42. The molecule has 3 N–H and O–H groups in total. The SMILES string of the molecule is CC1C(N)CCN1C(=O)Nc1cccc2ccccc12. The third-order valence-corrected chi connectivity index (χ3v) is 4.11. The van der Waals surface area contributed by atoms with E-state index < -0.39 is 0 Å². The molecule has 0 radical (unpaired) electrons. The Morgan fingerprint density at radius 1 is 1.25 bits per heavy atom. The minimum absolute atomic E-state index is 0.0678.